The summed E-state index contributed by atoms with van der Waals surface area (Å²) in [6.07, 6.45) is 3.75. The number of hydrogen-bond acceptors (Lipinski definition) is 7. The third kappa shape index (κ3) is 6.22. The molecule has 0 amide bonds. The topological polar surface area (TPSA) is 86.5 Å². The molecule has 2 aromatic rings. The summed E-state index contributed by atoms with van der Waals surface area (Å²) in [5.41, 5.74) is 0.306. The number of furan rings is 1. The number of aliphatic hydroxyl groups is 1. The first kappa shape index (κ1) is 19.6. The van der Waals surface area contributed by atoms with Crippen molar-refractivity contribution in [3.8, 4) is 0 Å². The maximum absolute atomic E-state index is 9.10. The first-order valence-corrected chi connectivity index (χ1v) is 9.64. The van der Waals surface area contributed by atoms with Crippen LogP contribution in [0.4, 0.5) is 11.6 Å². The molecule has 2 aromatic heterocycles. The number of hydrogen-bond donors (Lipinski definition) is 3. The molecule has 1 aliphatic heterocycles. The Morgan fingerprint density at radius 2 is 2.00 bits per heavy atom. The Morgan fingerprint density at radius 1 is 1.22 bits per heavy atom. The van der Waals surface area contributed by atoms with E-state index in [-0.39, 0.29) is 6.61 Å². The second-order valence-corrected chi connectivity index (χ2v) is 8.42. The fourth-order valence-electron chi connectivity index (χ4n) is 3.21. The highest BCUT2D eigenvalue weighted by Gasteiger charge is 2.23. The third-order valence-corrected chi connectivity index (χ3v) is 4.73. The molecule has 27 heavy (non-hydrogen) atoms. The largest absolute Gasteiger partial charge is 0.462 e. The van der Waals surface area contributed by atoms with Crippen LogP contribution < -0.4 is 10.6 Å². The predicted octanol–water partition coefficient (Wildman–Crippen LogP) is 3.10. The summed E-state index contributed by atoms with van der Waals surface area (Å²) in [7, 11) is 0. The smallest absolute Gasteiger partial charge is 0.131 e. The number of aliphatic hydroxyl groups excluding tert-OH is 1. The van der Waals surface area contributed by atoms with Gasteiger partial charge in [-0.1, -0.05) is 20.8 Å². The standard InChI is InChI=1S/C20H31N5O2/c1-20(2,3)7-8-21-18-10-19(23-14-22-18)24-15-6-9-25(11-15)12-16-4-5-17(13-26)27-16/h4-5,10,14-15,26H,6-9,11-13H2,1-3H3,(H2,21,22,23,24)/t15-/m0/s1. The van der Waals surface area contributed by atoms with E-state index in [4.69, 9.17) is 9.52 Å². The molecule has 1 saturated heterocycles. The van der Waals surface area contributed by atoms with Gasteiger partial charge in [0.25, 0.3) is 0 Å². The van der Waals surface area contributed by atoms with Crippen molar-refractivity contribution in [1.82, 2.24) is 14.9 Å². The van der Waals surface area contributed by atoms with Gasteiger partial charge < -0.3 is 20.2 Å². The van der Waals surface area contributed by atoms with Crippen molar-refractivity contribution >= 4 is 11.6 Å². The Labute approximate surface area is 161 Å². The molecule has 0 radical (unpaired) electrons. The van der Waals surface area contributed by atoms with Crippen LogP contribution in [0.25, 0.3) is 0 Å². The lowest BCUT2D eigenvalue weighted by atomic mass is 9.92. The summed E-state index contributed by atoms with van der Waals surface area (Å²) >= 11 is 0. The zero-order valence-electron chi connectivity index (χ0n) is 16.5. The Hall–Kier alpha value is -2.12. The van der Waals surface area contributed by atoms with Crippen molar-refractivity contribution < 1.29 is 9.52 Å². The number of anilines is 2. The van der Waals surface area contributed by atoms with Gasteiger partial charge in [0.05, 0.1) is 6.54 Å². The minimum absolute atomic E-state index is 0.0516. The van der Waals surface area contributed by atoms with Crippen molar-refractivity contribution in [2.75, 3.05) is 30.3 Å². The van der Waals surface area contributed by atoms with Crippen LogP contribution >= 0.6 is 0 Å². The number of rotatable bonds is 8. The Balaban J connectivity index is 1.47. The molecule has 1 fully saturated rings. The van der Waals surface area contributed by atoms with Crippen LogP contribution in [0, 0.1) is 5.41 Å². The van der Waals surface area contributed by atoms with E-state index in [0.717, 1.165) is 56.4 Å². The van der Waals surface area contributed by atoms with E-state index in [1.54, 1.807) is 6.33 Å². The molecule has 7 nitrogen and oxygen atoms in total. The normalized spacial score (nSPS) is 18.0. The minimum Gasteiger partial charge on any atom is -0.462 e. The fraction of sp³-hybridized carbons (Fsp3) is 0.600. The molecule has 1 aliphatic rings. The Morgan fingerprint density at radius 3 is 2.74 bits per heavy atom. The molecule has 3 heterocycles. The van der Waals surface area contributed by atoms with Gasteiger partial charge in [0, 0.05) is 31.7 Å². The highest BCUT2D eigenvalue weighted by Crippen LogP contribution is 2.20. The van der Waals surface area contributed by atoms with E-state index in [1.165, 1.54) is 0 Å². The van der Waals surface area contributed by atoms with E-state index in [2.05, 4.69) is 46.3 Å². The molecule has 0 saturated carbocycles. The lowest BCUT2D eigenvalue weighted by molar-refractivity contribution is 0.232. The van der Waals surface area contributed by atoms with Crippen molar-refractivity contribution in [2.45, 2.75) is 52.8 Å². The highest BCUT2D eigenvalue weighted by molar-refractivity contribution is 5.47. The van der Waals surface area contributed by atoms with Gasteiger partial charge in [-0.25, -0.2) is 9.97 Å². The quantitative estimate of drug-likeness (QED) is 0.655. The van der Waals surface area contributed by atoms with Crippen LogP contribution in [-0.4, -0.2) is 45.7 Å². The summed E-state index contributed by atoms with van der Waals surface area (Å²) < 4.78 is 5.58. The average Bonchev–Trinajstić information content (AvgIpc) is 3.24. The van der Waals surface area contributed by atoms with Crippen molar-refractivity contribution in [1.29, 1.82) is 0 Å². The number of nitrogens with one attached hydrogen (secondary N) is 2. The Kier molecular flexibility index (Phi) is 6.34. The fourth-order valence-corrected chi connectivity index (χ4v) is 3.21. The van der Waals surface area contributed by atoms with Crippen LogP contribution in [0.2, 0.25) is 0 Å². The summed E-state index contributed by atoms with van der Waals surface area (Å²) in [4.78, 5) is 11.0. The summed E-state index contributed by atoms with van der Waals surface area (Å²) in [5, 5.41) is 16.0. The predicted molar refractivity (Wildman–Crippen MR) is 107 cm³/mol. The first-order valence-electron chi connectivity index (χ1n) is 9.64. The molecule has 0 bridgehead atoms. The molecular formula is C20H31N5O2. The zero-order chi connectivity index (χ0) is 19.3. The summed E-state index contributed by atoms with van der Waals surface area (Å²) in [6, 6.07) is 6.10. The van der Waals surface area contributed by atoms with Gasteiger partial charge in [-0.05, 0) is 30.4 Å². The van der Waals surface area contributed by atoms with Gasteiger partial charge in [-0.2, -0.15) is 0 Å². The van der Waals surface area contributed by atoms with E-state index in [0.29, 0.717) is 17.2 Å². The van der Waals surface area contributed by atoms with Gasteiger partial charge in [-0.15, -0.1) is 0 Å². The molecule has 7 heteroatoms. The first-order chi connectivity index (χ1) is 12.9. The lowest BCUT2D eigenvalue weighted by Gasteiger charge is -2.19. The third-order valence-electron chi connectivity index (χ3n) is 4.73. The zero-order valence-corrected chi connectivity index (χ0v) is 16.5. The minimum atomic E-state index is -0.0516. The summed E-state index contributed by atoms with van der Waals surface area (Å²) in [5.74, 6) is 3.23. The molecule has 0 aromatic carbocycles. The monoisotopic (exact) mass is 373 g/mol. The van der Waals surface area contributed by atoms with Crippen LogP contribution in [-0.2, 0) is 13.2 Å². The number of nitrogens with zero attached hydrogens (tertiary/aromatic N) is 3. The van der Waals surface area contributed by atoms with E-state index >= 15 is 0 Å². The van der Waals surface area contributed by atoms with E-state index in [1.807, 2.05) is 18.2 Å². The average molecular weight is 374 g/mol. The highest BCUT2D eigenvalue weighted by atomic mass is 16.4. The summed E-state index contributed by atoms with van der Waals surface area (Å²) in [6.45, 7) is 10.3. The molecule has 3 rings (SSSR count). The maximum atomic E-state index is 9.10. The second-order valence-electron chi connectivity index (χ2n) is 8.42. The molecule has 0 unspecified atom stereocenters. The van der Waals surface area contributed by atoms with Crippen molar-refractivity contribution in [3.63, 3.8) is 0 Å². The van der Waals surface area contributed by atoms with Gasteiger partial charge in [-0.3, -0.25) is 4.90 Å². The van der Waals surface area contributed by atoms with Crippen molar-refractivity contribution in [2.24, 2.45) is 5.41 Å². The van der Waals surface area contributed by atoms with E-state index in [9.17, 15) is 0 Å². The number of likely N-dealkylation sites (tertiary alicyclic amines) is 1. The van der Waals surface area contributed by atoms with Crippen LogP contribution in [0.15, 0.2) is 28.9 Å². The van der Waals surface area contributed by atoms with Gasteiger partial charge in [0.1, 0.15) is 36.1 Å². The van der Waals surface area contributed by atoms with Gasteiger partial charge in [0.15, 0.2) is 0 Å². The number of aromatic nitrogens is 2. The lowest BCUT2D eigenvalue weighted by Crippen LogP contribution is -2.26. The molecule has 0 aliphatic carbocycles. The van der Waals surface area contributed by atoms with Crippen LogP contribution in [0.5, 0.6) is 0 Å². The molecule has 148 valence electrons. The maximum Gasteiger partial charge on any atom is 0.131 e. The van der Waals surface area contributed by atoms with Crippen LogP contribution in [0.3, 0.4) is 0 Å². The molecule has 1 atom stereocenters. The Bertz CT molecular complexity index is 725. The molecule has 0 spiro atoms. The van der Waals surface area contributed by atoms with Gasteiger partial charge in [0.2, 0.25) is 0 Å². The van der Waals surface area contributed by atoms with Crippen LogP contribution in [0.1, 0.15) is 45.1 Å². The molecular weight excluding hydrogens is 342 g/mol. The van der Waals surface area contributed by atoms with Crippen molar-refractivity contribution in [3.05, 3.63) is 36.0 Å². The van der Waals surface area contributed by atoms with Gasteiger partial charge >= 0.3 is 0 Å². The molecule has 3 N–H and O–H groups in total. The second kappa shape index (κ2) is 8.71. The van der Waals surface area contributed by atoms with E-state index < -0.39 is 0 Å². The SMILES string of the molecule is CC(C)(C)CCNc1cc(N[C@H]2CCN(Cc3ccc(CO)o3)C2)ncn1.